The van der Waals surface area contributed by atoms with Crippen molar-refractivity contribution >= 4 is 5.65 Å². The lowest BCUT2D eigenvalue weighted by Crippen LogP contribution is -2.32. The molecule has 1 saturated heterocycles. The normalized spacial score (nSPS) is 19.2. The molecule has 0 N–H and O–H groups in total. The van der Waals surface area contributed by atoms with E-state index < -0.39 is 0 Å². The first kappa shape index (κ1) is 13.5. The molecule has 22 heavy (non-hydrogen) atoms. The molecule has 0 aliphatic carbocycles. The molecular formula is C17H21N5. The monoisotopic (exact) mass is 295 g/mol. The molecule has 1 aliphatic rings. The average Bonchev–Trinajstić information content (AvgIpc) is 3.22. The van der Waals surface area contributed by atoms with E-state index in [4.69, 9.17) is 4.98 Å². The Balaban J connectivity index is 1.52. The molecule has 5 nitrogen and oxygen atoms in total. The van der Waals surface area contributed by atoms with E-state index in [-0.39, 0.29) is 0 Å². The SMILES string of the molecule is Cc1cccc2nc(CN3CCC[C@@H]3Cn3cccn3)cn12. The van der Waals surface area contributed by atoms with Gasteiger partial charge in [0.15, 0.2) is 0 Å². The zero-order valence-electron chi connectivity index (χ0n) is 12.9. The third kappa shape index (κ3) is 2.52. The first-order chi connectivity index (χ1) is 10.8. The zero-order chi connectivity index (χ0) is 14.9. The lowest BCUT2D eigenvalue weighted by atomic mass is 10.2. The number of rotatable bonds is 4. The van der Waals surface area contributed by atoms with E-state index in [1.165, 1.54) is 18.5 Å². The largest absolute Gasteiger partial charge is 0.304 e. The van der Waals surface area contributed by atoms with Crippen LogP contribution in [0.1, 0.15) is 24.2 Å². The Kier molecular flexibility index (Phi) is 3.42. The molecule has 1 atom stereocenters. The summed E-state index contributed by atoms with van der Waals surface area (Å²) < 4.78 is 4.21. The number of likely N-dealkylation sites (tertiary alicyclic amines) is 1. The minimum absolute atomic E-state index is 0.561. The zero-order valence-corrected chi connectivity index (χ0v) is 12.9. The summed E-state index contributed by atoms with van der Waals surface area (Å²) in [6.07, 6.45) is 8.58. The molecule has 114 valence electrons. The van der Waals surface area contributed by atoms with Crippen molar-refractivity contribution in [3.63, 3.8) is 0 Å². The van der Waals surface area contributed by atoms with E-state index in [1.54, 1.807) is 0 Å². The van der Waals surface area contributed by atoms with Gasteiger partial charge in [0, 0.05) is 36.9 Å². The highest BCUT2D eigenvalue weighted by Gasteiger charge is 2.25. The fourth-order valence-corrected chi connectivity index (χ4v) is 3.42. The van der Waals surface area contributed by atoms with E-state index in [0.29, 0.717) is 6.04 Å². The summed E-state index contributed by atoms with van der Waals surface area (Å²) in [6.45, 7) is 5.17. The molecule has 1 fully saturated rings. The van der Waals surface area contributed by atoms with Gasteiger partial charge < -0.3 is 4.40 Å². The quantitative estimate of drug-likeness (QED) is 0.742. The fraction of sp³-hybridized carbons (Fsp3) is 0.412. The number of imidazole rings is 1. The number of hydrogen-bond donors (Lipinski definition) is 0. The van der Waals surface area contributed by atoms with Crippen LogP contribution in [0.5, 0.6) is 0 Å². The summed E-state index contributed by atoms with van der Waals surface area (Å²) in [6, 6.07) is 8.81. The Hall–Kier alpha value is -2.14. The minimum Gasteiger partial charge on any atom is -0.304 e. The Morgan fingerprint density at radius 1 is 1.27 bits per heavy atom. The van der Waals surface area contributed by atoms with E-state index in [9.17, 15) is 0 Å². The van der Waals surface area contributed by atoms with Crippen LogP contribution in [0, 0.1) is 6.92 Å². The van der Waals surface area contributed by atoms with Crippen LogP contribution < -0.4 is 0 Å². The van der Waals surface area contributed by atoms with E-state index in [1.807, 2.05) is 23.1 Å². The van der Waals surface area contributed by atoms with Crippen LogP contribution in [0.2, 0.25) is 0 Å². The van der Waals surface area contributed by atoms with Crippen molar-refractivity contribution in [2.75, 3.05) is 6.54 Å². The predicted octanol–water partition coefficient (Wildman–Crippen LogP) is 2.50. The number of nitrogens with zero attached hydrogens (tertiary/aromatic N) is 5. The molecule has 0 amide bonds. The number of fused-ring (bicyclic) bond motifs is 1. The van der Waals surface area contributed by atoms with E-state index in [2.05, 4.69) is 45.7 Å². The number of aromatic nitrogens is 4. The van der Waals surface area contributed by atoms with Gasteiger partial charge in [-0.25, -0.2) is 4.98 Å². The Morgan fingerprint density at radius 2 is 2.23 bits per heavy atom. The predicted molar refractivity (Wildman–Crippen MR) is 85.6 cm³/mol. The average molecular weight is 295 g/mol. The highest BCUT2D eigenvalue weighted by atomic mass is 15.3. The molecule has 5 heteroatoms. The van der Waals surface area contributed by atoms with Gasteiger partial charge in [-0.3, -0.25) is 9.58 Å². The highest BCUT2D eigenvalue weighted by molar-refractivity contribution is 5.41. The van der Waals surface area contributed by atoms with Gasteiger partial charge in [-0.05, 0) is 44.5 Å². The lowest BCUT2D eigenvalue weighted by Gasteiger charge is -2.23. The summed E-state index contributed by atoms with van der Waals surface area (Å²) in [4.78, 5) is 7.31. The molecule has 4 heterocycles. The second-order valence-electron chi connectivity index (χ2n) is 6.12. The van der Waals surface area contributed by atoms with Gasteiger partial charge in [-0.15, -0.1) is 0 Å². The van der Waals surface area contributed by atoms with Gasteiger partial charge in [0.2, 0.25) is 0 Å². The third-order valence-corrected chi connectivity index (χ3v) is 4.57. The summed E-state index contributed by atoms with van der Waals surface area (Å²) in [5.41, 5.74) is 3.42. The maximum atomic E-state index is 4.77. The van der Waals surface area contributed by atoms with Crippen LogP contribution in [0.25, 0.3) is 5.65 Å². The fourth-order valence-electron chi connectivity index (χ4n) is 3.42. The maximum absolute atomic E-state index is 4.77. The van der Waals surface area contributed by atoms with Crippen molar-refractivity contribution in [3.8, 4) is 0 Å². The van der Waals surface area contributed by atoms with Crippen molar-refractivity contribution in [2.24, 2.45) is 0 Å². The second-order valence-corrected chi connectivity index (χ2v) is 6.12. The van der Waals surface area contributed by atoms with Gasteiger partial charge in [0.05, 0.1) is 12.2 Å². The number of hydrogen-bond acceptors (Lipinski definition) is 3. The Bertz CT molecular complexity index is 759. The highest BCUT2D eigenvalue weighted by Crippen LogP contribution is 2.21. The van der Waals surface area contributed by atoms with Crippen LogP contribution >= 0.6 is 0 Å². The molecule has 0 bridgehead atoms. The van der Waals surface area contributed by atoms with Gasteiger partial charge in [0.25, 0.3) is 0 Å². The van der Waals surface area contributed by atoms with Crippen LogP contribution in [0.3, 0.4) is 0 Å². The van der Waals surface area contributed by atoms with Crippen molar-refractivity contribution in [1.29, 1.82) is 0 Å². The van der Waals surface area contributed by atoms with Gasteiger partial charge in [-0.1, -0.05) is 6.07 Å². The van der Waals surface area contributed by atoms with Crippen LogP contribution in [0.15, 0.2) is 42.9 Å². The molecule has 4 rings (SSSR count). The lowest BCUT2D eigenvalue weighted by molar-refractivity contribution is 0.217. The molecule has 0 saturated carbocycles. The second kappa shape index (κ2) is 5.57. The Labute approximate surface area is 130 Å². The number of aryl methyl sites for hydroxylation is 1. The summed E-state index contributed by atoms with van der Waals surface area (Å²) >= 11 is 0. The molecule has 1 aliphatic heterocycles. The summed E-state index contributed by atoms with van der Waals surface area (Å²) in [5, 5.41) is 4.34. The topological polar surface area (TPSA) is 38.4 Å². The van der Waals surface area contributed by atoms with Gasteiger partial charge in [0.1, 0.15) is 5.65 Å². The molecule has 3 aromatic heterocycles. The van der Waals surface area contributed by atoms with Crippen molar-refractivity contribution in [2.45, 2.75) is 38.9 Å². The molecular weight excluding hydrogens is 274 g/mol. The summed E-state index contributed by atoms with van der Waals surface area (Å²) in [7, 11) is 0. The molecule has 0 unspecified atom stereocenters. The Morgan fingerprint density at radius 3 is 3.05 bits per heavy atom. The maximum Gasteiger partial charge on any atom is 0.137 e. The van der Waals surface area contributed by atoms with Crippen molar-refractivity contribution in [3.05, 3.63) is 54.2 Å². The van der Waals surface area contributed by atoms with E-state index >= 15 is 0 Å². The van der Waals surface area contributed by atoms with Crippen LogP contribution in [0.4, 0.5) is 0 Å². The molecule has 3 aromatic rings. The van der Waals surface area contributed by atoms with Crippen molar-refractivity contribution < 1.29 is 0 Å². The molecule has 0 radical (unpaired) electrons. The third-order valence-electron chi connectivity index (χ3n) is 4.57. The van der Waals surface area contributed by atoms with E-state index in [0.717, 1.165) is 31.0 Å². The standard InChI is InChI=1S/C17H21N5/c1-14-5-2-7-17-19-15(12-22(14)17)11-20-9-3-6-16(20)13-21-10-4-8-18-21/h2,4-5,7-8,10,12,16H,3,6,9,11,13H2,1H3/t16-/m1/s1. The first-order valence-electron chi connectivity index (χ1n) is 7.95. The van der Waals surface area contributed by atoms with Crippen LogP contribution in [-0.4, -0.2) is 36.7 Å². The molecule has 0 spiro atoms. The van der Waals surface area contributed by atoms with Gasteiger partial charge >= 0.3 is 0 Å². The van der Waals surface area contributed by atoms with Gasteiger partial charge in [-0.2, -0.15) is 5.10 Å². The summed E-state index contributed by atoms with van der Waals surface area (Å²) in [5.74, 6) is 0. The minimum atomic E-state index is 0.561. The smallest absolute Gasteiger partial charge is 0.137 e. The first-order valence-corrected chi connectivity index (χ1v) is 7.95. The van der Waals surface area contributed by atoms with Crippen molar-refractivity contribution in [1.82, 2.24) is 24.1 Å². The molecule has 0 aromatic carbocycles. The number of pyridine rings is 1. The van der Waals surface area contributed by atoms with Crippen LogP contribution in [-0.2, 0) is 13.1 Å².